The molecule has 0 aliphatic rings. The van der Waals surface area contributed by atoms with Crippen molar-refractivity contribution in [2.75, 3.05) is 13.6 Å². The predicted molar refractivity (Wildman–Crippen MR) is 123 cm³/mol. The number of carbonyl (C=O) groups is 2. The summed E-state index contributed by atoms with van der Waals surface area (Å²) in [7, 11) is 2.14. The predicted octanol–water partition coefficient (Wildman–Crippen LogP) is 3.78. The van der Waals surface area contributed by atoms with Crippen LogP contribution in [0.3, 0.4) is 0 Å². The van der Waals surface area contributed by atoms with E-state index in [0.717, 1.165) is 13.1 Å². The maximum absolute atomic E-state index is 9.72. The van der Waals surface area contributed by atoms with Gasteiger partial charge in [0.1, 0.15) is 0 Å². The Labute approximate surface area is 183 Å². The molecular formula is C25H31NO5. The van der Waals surface area contributed by atoms with E-state index in [1.165, 1.54) is 16.3 Å². The molecule has 1 unspecified atom stereocenters. The molecule has 0 aliphatic heterocycles. The van der Waals surface area contributed by atoms with Gasteiger partial charge in [-0.2, -0.15) is 0 Å². The van der Waals surface area contributed by atoms with Crippen molar-refractivity contribution >= 4 is 22.7 Å². The highest BCUT2D eigenvalue weighted by molar-refractivity contribution is 5.85. The molecule has 1 atom stereocenters. The number of allylic oxidation sites excluding steroid dienone is 1. The Morgan fingerprint density at radius 3 is 2.32 bits per heavy atom. The Morgan fingerprint density at radius 2 is 1.74 bits per heavy atom. The quantitative estimate of drug-likeness (QED) is 0.584. The van der Waals surface area contributed by atoms with Crippen LogP contribution in [0.2, 0.25) is 0 Å². The Hall–Kier alpha value is -3.14. The molecule has 0 saturated carbocycles. The molecule has 166 valence electrons. The van der Waals surface area contributed by atoms with Crippen LogP contribution in [0.4, 0.5) is 0 Å². The minimum atomic E-state index is -1.79. The monoisotopic (exact) mass is 425 g/mol. The standard InChI is InChI=1S/C21H25N.C4H6O5/c1-21(2,3)15-8-5-9-16-22(4)17-19-13-10-12-18-11-6-7-14-20(18)19;5-2(4(8)9)1-3(6)7/h5-7,9-14H,16-17H2,1-4H3;2,5H,1H2,(H,6,7)(H,8,9)/b9-5+;. The first kappa shape index (κ1) is 25.9. The van der Waals surface area contributed by atoms with Crippen molar-refractivity contribution in [3.8, 4) is 11.8 Å². The molecule has 0 radical (unpaired) electrons. The molecule has 2 aromatic carbocycles. The third kappa shape index (κ3) is 11.0. The second-order valence-corrected chi connectivity index (χ2v) is 8.21. The van der Waals surface area contributed by atoms with E-state index >= 15 is 0 Å². The topological polar surface area (TPSA) is 98.1 Å². The average molecular weight is 426 g/mol. The lowest BCUT2D eigenvalue weighted by Gasteiger charge is -2.15. The van der Waals surface area contributed by atoms with E-state index in [1.807, 2.05) is 6.08 Å². The third-order valence-corrected chi connectivity index (χ3v) is 4.04. The summed E-state index contributed by atoms with van der Waals surface area (Å²) >= 11 is 0. The minimum Gasteiger partial charge on any atom is -0.481 e. The zero-order chi connectivity index (χ0) is 23.4. The molecular weight excluding hydrogens is 394 g/mol. The second-order valence-electron chi connectivity index (χ2n) is 8.21. The van der Waals surface area contributed by atoms with Gasteiger partial charge in [-0.05, 0) is 50.2 Å². The molecule has 0 spiro atoms. The average Bonchev–Trinajstić information content (AvgIpc) is 2.67. The van der Waals surface area contributed by atoms with Gasteiger partial charge < -0.3 is 15.3 Å². The van der Waals surface area contributed by atoms with Crippen LogP contribution in [0.15, 0.2) is 54.6 Å². The summed E-state index contributed by atoms with van der Waals surface area (Å²) < 4.78 is 0. The fourth-order valence-electron chi connectivity index (χ4n) is 2.59. The van der Waals surface area contributed by atoms with Crippen LogP contribution in [0, 0.1) is 17.3 Å². The van der Waals surface area contributed by atoms with E-state index < -0.39 is 24.5 Å². The SMILES string of the molecule is CN(C/C=C/C#CC(C)(C)C)Cc1cccc2ccccc12.O=C(O)CC(O)C(=O)O. The van der Waals surface area contributed by atoms with Crippen LogP contribution < -0.4 is 0 Å². The van der Waals surface area contributed by atoms with Gasteiger partial charge in [-0.1, -0.05) is 60.4 Å². The number of carboxylic acids is 2. The molecule has 2 aromatic rings. The highest BCUT2D eigenvalue weighted by Gasteiger charge is 2.16. The molecule has 0 fully saturated rings. The van der Waals surface area contributed by atoms with Crippen molar-refractivity contribution in [3.63, 3.8) is 0 Å². The lowest BCUT2D eigenvalue weighted by molar-refractivity contribution is -0.152. The number of rotatable bonds is 7. The summed E-state index contributed by atoms with van der Waals surface area (Å²) in [5.41, 5.74) is 1.44. The number of benzene rings is 2. The number of carboxylic acid groups (broad SMARTS) is 2. The molecule has 0 heterocycles. The van der Waals surface area contributed by atoms with E-state index in [1.54, 1.807) is 0 Å². The molecule has 0 aromatic heterocycles. The number of aliphatic hydroxyl groups excluding tert-OH is 1. The van der Waals surface area contributed by atoms with Gasteiger partial charge in [0.2, 0.25) is 0 Å². The number of aliphatic hydroxyl groups is 1. The summed E-state index contributed by atoms with van der Waals surface area (Å²) in [5, 5.41) is 26.8. The van der Waals surface area contributed by atoms with E-state index in [-0.39, 0.29) is 5.41 Å². The largest absolute Gasteiger partial charge is 0.481 e. The molecule has 0 saturated heterocycles. The summed E-state index contributed by atoms with van der Waals surface area (Å²) in [5.74, 6) is 3.49. The Balaban J connectivity index is 0.000000452. The number of nitrogens with zero attached hydrogens (tertiary/aromatic N) is 1. The molecule has 3 N–H and O–H groups in total. The molecule has 0 bridgehead atoms. The van der Waals surface area contributed by atoms with Crippen molar-refractivity contribution in [2.45, 2.75) is 39.8 Å². The lowest BCUT2D eigenvalue weighted by atomic mass is 9.98. The van der Waals surface area contributed by atoms with Gasteiger partial charge in [0.05, 0.1) is 6.42 Å². The van der Waals surface area contributed by atoms with Crippen molar-refractivity contribution in [1.82, 2.24) is 4.90 Å². The Bertz CT molecular complexity index is 958. The van der Waals surface area contributed by atoms with Gasteiger partial charge in [-0.15, -0.1) is 0 Å². The van der Waals surface area contributed by atoms with Crippen LogP contribution in [0.25, 0.3) is 10.8 Å². The molecule has 2 rings (SSSR count). The first-order valence-electron chi connectivity index (χ1n) is 9.95. The lowest BCUT2D eigenvalue weighted by Crippen LogP contribution is -2.22. The fraction of sp³-hybridized carbons (Fsp3) is 0.360. The van der Waals surface area contributed by atoms with Crippen LogP contribution in [-0.2, 0) is 16.1 Å². The molecule has 31 heavy (non-hydrogen) atoms. The Morgan fingerprint density at radius 1 is 1.10 bits per heavy atom. The molecule has 6 heteroatoms. The maximum atomic E-state index is 9.72. The maximum Gasteiger partial charge on any atom is 0.333 e. The number of aliphatic carboxylic acids is 2. The summed E-state index contributed by atoms with van der Waals surface area (Å²) in [4.78, 5) is 21.7. The smallest absolute Gasteiger partial charge is 0.333 e. The summed E-state index contributed by atoms with van der Waals surface area (Å²) in [6, 6.07) is 15.1. The van der Waals surface area contributed by atoms with E-state index in [9.17, 15) is 9.59 Å². The third-order valence-electron chi connectivity index (χ3n) is 4.04. The Kier molecular flexibility index (Phi) is 10.5. The van der Waals surface area contributed by atoms with Crippen LogP contribution >= 0.6 is 0 Å². The van der Waals surface area contributed by atoms with E-state index in [4.69, 9.17) is 15.3 Å². The van der Waals surface area contributed by atoms with Crippen LogP contribution in [-0.4, -0.2) is 51.9 Å². The van der Waals surface area contributed by atoms with Gasteiger partial charge in [0.15, 0.2) is 6.10 Å². The number of likely N-dealkylation sites (N-methyl/N-ethyl adjacent to an activating group) is 1. The normalized spacial score (nSPS) is 12.1. The van der Waals surface area contributed by atoms with E-state index in [0.29, 0.717) is 0 Å². The number of hydrogen-bond acceptors (Lipinski definition) is 4. The highest BCUT2D eigenvalue weighted by Crippen LogP contribution is 2.19. The highest BCUT2D eigenvalue weighted by atomic mass is 16.4. The number of hydrogen-bond donors (Lipinski definition) is 3. The molecule has 0 aliphatic carbocycles. The van der Waals surface area contributed by atoms with Crippen molar-refractivity contribution in [1.29, 1.82) is 0 Å². The van der Waals surface area contributed by atoms with Gasteiger partial charge in [-0.25, -0.2) is 4.79 Å². The first-order valence-corrected chi connectivity index (χ1v) is 9.95. The van der Waals surface area contributed by atoms with Crippen LogP contribution in [0.5, 0.6) is 0 Å². The summed E-state index contributed by atoms with van der Waals surface area (Å²) in [6.45, 7) is 8.22. The van der Waals surface area contributed by atoms with Gasteiger partial charge in [-0.3, -0.25) is 9.69 Å². The zero-order valence-electron chi connectivity index (χ0n) is 18.5. The van der Waals surface area contributed by atoms with Crippen molar-refractivity contribution < 1.29 is 24.9 Å². The van der Waals surface area contributed by atoms with Gasteiger partial charge in [0.25, 0.3) is 0 Å². The van der Waals surface area contributed by atoms with E-state index in [2.05, 4.69) is 93.1 Å². The fourth-order valence-corrected chi connectivity index (χ4v) is 2.59. The van der Waals surface area contributed by atoms with Gasteiger partial charge in [0, 0.05) is 18.5 Å². The molecule has 0 amide bonds. The number of fused-ring (bicyclic) bond motifs is 1. The summed E-state index contributed by atoms with van der Waals surface area (Å²) in [6.07, 6.45) is 1.55. The van der Waals surface area contributed by atoms with Crippen molar-refractivity contribution in [2.24, 2.45) is 5.41 Å². The minimum absolute atomic E-state index is 0.0686. The van der Waals surface area contributed by atoms with Gasteiger partial charge >= 0.3 is 11.9 Å². The second kappa shape index (κ2) is 12.5. The zero-order valence-corrected chi connectivity index (χ0v) is 18.5. The van der Waals surface area contributed by atoms with Crippen LogP contribution in [0.1, 0.15) is 32.8 Å². The first-order chi connectivity index (χ1) is 14.5. The molecule has 6 nitrogen and oxygen atoms in total. The van der Waals surface area contributed by atoms with Crippen molar-refractivity contribution in [3.05, 3.63) is 60.2 Å².